The molecule has 2 heterocycles. The molecule has 0 saturated carbocycles. The van der Waals surface area contributed by atoms with E-state index in [4.69, 9.17) is 18.9 Å². The van der Waals surface area contributed by atoms with E-state index in [-0.39, 0.29) is 28.1 Å². The van der Waals surface area contributed by atoms with Gasteiger partial charge in [0.05, 0.1) is 18.2 Å². The van der Waals surface area contributed by atoms with Crippen molar-refractivity contribution in [1.82, 2.24) is 10.2 Å². The summed E-state index contributed by atoms with van der Waals surface area (Å²) in [5.41, 5.74) is 2.35. The monoisotopic (exact) mass is 438 g/mol. The van der Waals surface area contributed by atoms with Gasteiger partial charge in [-0.15, -0.1) is 10.2 Å². The Balaban J connectivity index is 1.78. The quantitative estimate of drug-likeness (QED) is 0.391. The van der Waals surface area contributed by atoms with Crippen molar-refractivity contribution < 1.29 is 33.5 Å². The molecule has 29 heavy (non-hydrogen) atoms. The van der Waals surface area contributed by atoms with Gasteiger partial charge in [-0.2, -0.15) is 0 Å². The second-order valence-corrected chi connectivity index (χ2v) is 8.69. The summed E-state index contributed by atoms with van der Waals surface area (Å²) in [6, 6.07) is 3.40. The van der Waals surface area contributed by atoms with E-state index in [2.05, 4.69) is 10.2 Å². The number of aromatic nitrogens is 2. The lowest BCUT2D eigenvalue weighted by molar-refractivity contribution is -0.155. The first-order valence-corrected chi connectivity index (χ1v) is 10.5. The smallest absolute Gasteiger partial charge is 0.534 e. The molecular formula is C17H19BN2O7S2. The van der Waals surface area contributed by atoms with Crippen molar-refractivity contribution in [1.29, 1.82) is 0 Å². The molecule has 0 unspecified atom stereocenters. The van der Waals surface area contributed by atoms with Crippen molar-refractivity contribution in [3.05, 3.63) is 28.8 Å². The number of nitrogens with zero attached hydrogens (tertiary/aromatic N) is 2. The van der Waals surface area contributed by atoms with Gasteiger partial charge in [-0.1, -0.05) is 43.0 Å². The Bertz CT molecular complexity index is 879. The highest BCUT2D eigenvalue weighted by Crippen LogP contribution is 2.40. The molecule has 0 fully saturated rings. The maximum atomic E-state index is 12.6. The predicted molar refractivity (Wildman–Crippen MR) is 106 cm³/mol. The van der Waals surface area contributed by atoms with E-state index in [1.165, 1.54) is 30.2 Å². The van der Waals surface area contributed by atoms with Gasteiger partial charge in [0.25, 0.3) is 0 Å². The van der Waals surface area contributed by atoms with Gasteiger partial charge in [0, 0.05) is 0 Å². The average Bonchev–Trinajstić information content (AvgIpc) is 3.20. The number of fused-ring (bicyclic) bond motifs is 1. The zero-order valence-corrected chi connectivity index (χ0v) is 17.6. The average molecular weight is 438 g/mol. The third-order valence-corrected chi connectivity index (χ3v) is 6.10. The number of esters is 2. The van der Waals surface area contributed by atoms with Crippen LogP contribution in [0, 0.1) is 5.92 Å². The van der Waals surface area contributed by atoms with Crippen LogP contribution in [0.3, 0.4) is 0 Å². The SMILES string of the molecule is COc1ccc2c(c1C(=O)OCOC(=O)C(C)C)OB(O)[C@@H](Sc1nncs1)C2. The van der Waals surface area contributed by atoms with Crippen LogP contribution in [0.2, 0.25) is 0 Å². The number of methoxy groups -OCH3 is 1. The fourth-order valence-electron chi connectivity index (χ4n) is 2.60. The second-order valence-electron chi connectivity index (χ2n) is 6.37. The van der Waals surface area contributed by atoms with Gasteiger partial charge in [0.1, 0.15) is 22.6 Å². The Hall–Kier alpha value is -2.31. The first-order chi connectivity index (χ1) is 13.9. The highest BCUT2D eigenvalue weighted by atomic mass is 32.2. The molecule has 0 bridgehead atoms. The molecule has 1 atom stereocenters. The molecule has 154 valence electrons. The predicted octanol–water partition coefficient (Wildman–Crippen LogP) is 1.98. The maximum absolute atomic E-state index is 12.6. The van der Waals surface area contributed by atoms with Crippen molar-refractivity contribution in [2.45, 2.75) is 29.8 Å². The van der Waals surface area contributed by atoms with Gasteiger partial charge in [-0.3, -0.25) is 4.79 Å². The van der Waals surface area contributed by atoms with Crippen LogP contribution in [0.5, 0.6) is 11.5 Å². The summed E-state index contributed by atoms with van der Waals surface area (Å²) < 4.78 is 21.6. The van der Waals surface area contributed by atoms with E-state index >= 15 is 0 Å². The Morgan fingerprint density at radius 1 is 1.41 bits per heavy atom. The van der Waals surface area contributed by atoms with Crippen LogP contribution < -0.4 is 9.39 Å². The zero-order valence-electron chi connectivity index (χ0n) is 16.0. The van der Waals surface area contributed by atoms with E-state index in [1.807, 2.05) is 0 Å². The molecule has 1 aromatic heterocycles. The van der Waals surface area contributed by atoms with Crippen LogP contribution in [-0.4, -0.2) is 53.3 Å². The van der Waals surface area contributed by atoms with Crippen molar-refractivity contribution in [2.24, 2.45) is 5.92 Å². The Kier molecular flexibility index (Phi) is 6.98. The molecule has 3 rings (SSSR count). The molecule has 0 saturated heterocycles. The molecule has 1 aliphatic rings. The van der Waals surface area contributed by atoms with Crippen molar-refractivity contribution >= 4 is 42.2 Å². The number of carbonyl (C=O) groups excluding carboxylic acids is 2. The fourth-order valence-corrected chi connectivity index (χ4v) is 4.39. The molecule has 0 spiro atoms. The highest BCUT2D eigenvalue weighted by Gasteiger charge is 2.39. The minimum absolute atomic E-state index is 0.0315. The van der Waals surface area contributed by atoms with Gasteiger partial charge in [-0.05, 0) is 18.1 Å². The number of rotatable bonds is 7. The summed E-state index contributed by atoms with van der Waals surface area (Å²) in [6.45, 7) is 2.82. The Labute approximate surface area is 175 Å². The first-order valence-electron chi connectivity index (χ1n) is 8.71. The summed E-state index contributed by atoms with van der Waals surface area (Å²) in [4.78, 5) is 24.1. The Morgan fingerprint density at radius 3 is 2.86 bits per heavy atom. The summed E-state index contributed by atoms with van der Waals surface area (Å²) in [5, 5.41) is 17.9. The summed E-state index contributed by atoms with van der Waals surface area (Å²) >= 11 is 2.72. The van der Waals surface area contributed by atoms with Crippen LogP contribution in [0.15, 0.2) is 22.0 Å². The molecule has 1 N–H and O–H groups in total. The van der Waals surface area contributed by atoms with Crippen LogP contribution in [-0.2, 0) is 20.7 Å². The molecule has 1 aliphatic heterocycles. The van der Waals surface area contributed by atoms with Crippen LogP contribution in [0.1, 0.15) is 29.8 Å². The number of hydrogen-bond acceptors (Lipinski definition) is 11. The number of ether oxygens (including phenoxy) is 3. The van der Waals surface area contributed by atoms with Crippen molar-refractivity contribution in [2.75, 3.05) is 13.9 Å². The van der Waals surface area contributed by atoms with Crippen LogP contribution >= 0.6 is 23.1 Å². The van der Waals surface area contributed by atoms with E-state index < -0.39 is 25.8 Å². The standard InChI is InChI=1S/C17H19BN2O7S2/c1-9(2)15(21)25-8-26-16(22)13-11(24-3)5-4-10-6-12(18(23)27-14(10)13)29-17-20-19-7-28-17/h4-5,7,9,12,23H,6,8H2,1-3H3/t12-/m0/s1. The van der Waals surface area contributed by atoms with E-state index in [9.17, 15) is 14.6 Å². The van der Waals surface area contributed by atoms with Crippen LogP contribution in [0.25, 0.3) is 0 Å². The molecule has 2 aromatic rings. The Morgan fingerprint density at radius 2 is 2.21 bits per heavy atom. The second kappa shape index (κ2) is 9.46. The van der Waals surface area contributed by atoms with Crippen molar-refractivity contribution in [3.63, 3.8) is 0 Å². The highest BCUT2D eigenvalue weighted by molar-refractivity contribution is 8.02. The lowest BCUT2D eigenvalue weighted by atomic mass is 9.77. The normalized spacial score (nSPS) is 15.5. The number of carbonyl (C=O) groups is 2. The lowest BCUT2D eigenvalue weighted by Crippen LogP contribution is -2.40. The van der Waals surface area contributed by atoms with Crippen molar-refractivity contribution in [3.8, 4) is 11.5 Å². The minimum Gasteiger partial charge on any atom is -0.534 e. The summed E-state index contributed by atoms with van der Waals surface area (Å²) in [5.74, 6) is -1.19. The molecule has 0 amide bonds. The molecule has 0 radical (unpaired) electrons. The van der Waals surface area contributed by atoms with E-state index in [0.717, 1.165) is 0 Å². The lowest BCUT2D eigenvalue weighted by Gasteiger charge is -2.28. The third kappa shape index (κ3) is 5.00. The van der Waals surface area contributed by atoms with E-state index in [0.29, 0.717) is 16.3 Å². The number of benzene rings is 1. The fraction of sp³-hybridized carbons (Fsp3) is 0.412. The third-order valence-electron chi connectivity index (χ3n) is 4.06. The molecule has 0 aliphatic carbocycles. The summed E-state index contributed by atoms with van der Waals surface area (Å²) in [7, 11) is 0.235. The minimum atomic E-state index is -1.17. The molecule has 1 aromatic carbocycles. The topological polar surface area (TPSA) is 117 Å². The zero-order chi connectivity index (χ0) is 21.0. The summed E-state index contributed by atoms with van der Waals surface area (Å²) in [6.07, 6.45) is 0.438. The molecule has 12 heteroatoms. The van der Waals surface area contributed by atoms with Gasteiger partial charge in [-0.25, -0.2) is 4.79 Å². The van der Waals surface area contributed by atoms with Gasteiger partial charge in [0.15, 0.2) is 4.34 Å². The number of hydrogen-bond donors (Lipinski definition) is 1. The molecule has 9 nitrogen and oxygen atoms in total. The van der Waals surface area contributed by atoms with E-state index in [1.54, 1.807) is 31.5 Å². The van der Waals surface area contributed by atoms with Gasteiger partial charge >= 0.3 is 19.1 Å². The number of thioether (sulfide) groups is 1. The van der Waals surface area contributed by atoms with Gasteiger partial charge < -0.3 is 23.9 Å². The largest absolute Gasteiger partial charge is 0.537 e. The van der Waals surface area contributed by atoms with Crippen LogP contribution in [0.4, 0.5) is 0 Å². The first kappa shape index (κ1) is 21.4. The molecular weight excluding hydrogens is 419 g/mol. The maximum Gasteiger partial charge on any atom is 0.537 e. The van der Waals surface area contributed by atoms with Gasteiger partial charge in [0.2, 0.25) is 6.79 Å².